The standard InChI is InChI=1S/C11H15N7/c1-7(8-3-2-4-14-6-8)15-9-5-10(18-13)17-11(12)16-9/h2-7H,13H2,1H3,(H4,12,15,16,17,18). The number of hydrazine groups is 1. The summed E-state index contributed by atoms with van der Waals surface area (Å²) in [5.41, 5.74) is 9.07. The third-order valence-corrected chi connectivity index (χ3v) is 2.44. The van der Waals surface area contributed by atoms with E-state index in [1.165, 1.54) is 0 Å². The van der Waals surface area contributed by atoms with E-state index in [1.54, 1.807) is 18.5 Å². The van der Waals surface area contributed by atoms with Gasteiger partial charge in [-0.15, -0.1) is 0 Å². The van der Waals surface area contributed by atoms with E-state index in [4.69, 9.17) is 11.6 Å². The number of hydrogen-bond donors (Lipinski definition) is 4. The van der Waals surface area contributed by atoms with Gasteiger partial charge < -0.3 is 16.5 Å². The molecule has 0 saturated heterocycles. The van der Waals surface area contributed by atoms with Crippen LogP contribution in [0.4, 0.5) is 17.6 Å². The van der Waals surface area contributed by atoms with E-state index in [2.05, 4.69) is 25.7 Å². The molecule has 1 atom stereocenters. The van der Waals surface area contributed by atoms with Crippen molar-refractivity contribution in [1.82, 2.24) is 15.0 Å². The number of anilines is 3. The number of nitrogens with two attached hydrogens (primary N) is 2. The van der Waals surface area contributed by atoms with Gasteiger partial charge in [0.05, 0.1) is 6.04 Å². The average molecular weight is 245 g/mol. The Balaban J connectivity index is 2.16. The van der Waals surface area contributed by atoms with Crippen molar-refractivity contribution < 1.29 is 0 Å². The molecule has 18 heavy (non-hydrogen) atoms. The summed E-state index contributed by atoms with van der Waals surface area (Å²) in [6.45, 7) is 2.00. The maximum Gasteiger partial charge on any atom is 0.223 e. The first-order valence-corrected chi connectivity index (χ1v) is 5.46. The predicted molar refractivity (Wildman–Crippen MR) is 70.5 cm³/mol. The van der Waals surface area contributed by atoms with Crippen LogP contribution >= 0.6 is 0 Å². The van der Waals surface area contributed by atoms with Crippen molar-refractivity contribution in [1.29, 1.82) is 0 Å². The molecule has 7 nitrogen and oxygen atoms in total. The smallest absolute Gasteiger partial charge is 0.223 e. The first-order chi connectivity index (χ1) is 8.69. The molecule has 0 fully saturated rings. The molecule has 0 saturated carbocycles. The Morgan fingerprint density at radius 3 is 2.72 bits per heavy atom. The Morgan fingerprint density at radius 1 is 1.28 bits per heavy atom. The topological polar surface area (TPSA) is 115 Å². The van der Waals surface area contributed by atoms with Crippen LogP contribution in [0.2, 0.25) is 0 Å². The molecule has 2 aromatic rings. The van der Waals surface area contributed by atoms with Crippen molar-refractivity contribution in [3.05, 3.63) is 36.2 Å². The molecule has 0 aliphatic rings. The second-order valence-corrected chi connectivity index (χ2v) is 3.79. The van der Waals surface area contributed by atoms with Gasteiger partial charge >= 0.3 is 0 Å². The summed E-state index contributed by atoms with van der Waals surface area (Å²) in [6.07, 6.45) is 3.53. The molecule has 94 valence electrons. The number of nitrogens with one attached hydrogen (secondary N) is 2. The largest absolute Gasteiger partial charge is 0.368 e. The van der Waals surface area contributed by atoms with Crippen molar-refractivity contribution in [2.45, 2.75) is 13.0 Å². The molecule has 0 spiro atoms. The lowest BCUT2D eigenvalue weighted by Crippen LogP contribution is -2.13. The molecular weight excluding hydrogens is 230 g/mol. The second-order valence-electron chi connectivity index (χ2n) is 3.79. The zero-order valence-corrected chi connectivity index (χ0v) is 9.96. The molecule has 2 rings (SSSR count). The molecule has 2 heterocycles. The highest BCUT2D eigenvalue weighted by Gasteiger charge is 2.07. The molecule has 0 radical (unpaired) electrons. The zero-order chi connectivity index (χ0) is 13.0. The zero-order valence-electron chi connectivity index (χ0n) is 9.96. The molecular formula is C11H15N7. The lowest BCUT2D eigenvalue weighted by Gasteiger charge is -2.15. The second kappa shape index (κ2) is 5.28. The van der Waals surface area contributed by atoms with Crippen LogP contribution in [-0.2, 0) is 0 Å². The Morgan fingerprint density at radius 2 is 2.06 bits per heavy atom. The Kier molecular flexibility index (Phi) is 3.54. The van der Waals surface area contributed by atoms with Gasteiger partial charge in [0.1, 0.15) is 11.6 Å². The maximum absolute atomic E-state index is 5.58. The van der Waals surface area contributed by atoms with Gasteiger partial charge in [-0.25, -0.2) is 5.84 Å². The molecule has 0 aliphatic heterocycles. The van der Waals surface area contributed by atoms with Crippen LogP contribution in [0.15, 0.2) is 30.6 Å². The van der Waals surface area contributed by atoms with Gasteiger partial charge in [0.25, 0.3) is 0 Å². The van der Waals surface area contributed by atoms with Crippen molar-refractivity contribution in [2.75, 3.05) is 16.5 Å². The minimum absolute atomic E-state index is 0.0543. The fourth-order valence-corrected chi connectivity index (χ4v) is 1.55. The SMILES string of the molecule is CC(Nc1cc(NN)nc(N)n1)c1cccnc1. The number of hydrogen-bond acceptors (Lipinski definition) is 7. The van der Waals surface area contributed by atoms with Crippen molar-refractivity contribution in [3.63, 3.8) is 0 Å². The number of aromatic nitrogens is 3. The third kappa shape index (κ3) is 2.83. The molecule has 0 bridgehead atoms. The van der Waals surface area contributed by atoms with Crippen molar-refractivity contribution >= 4 is 17.6 Å². The molecule has 1 unspecified atom stereocenters. The summed E-state index contributed by atoms with van der Waals surface area (Å²) >= 11 is 0. The first kappa shape index (κ1) is 12.1. The van der Waals surface area contributed by atoms with E-state index in [1.807, 2.05) is 19.1 Å². The number of nitrogens with zero attached hydrogens (tertiary/aromatic N) is 3. The quantitative estimate of drug-likeness (QED) is 0.467. The lowest BCUT2D eigenvalue weighted by molar-refractivity contribution is 0.865. The monoisotopic (exact) mass is 245 g/mol. The summed E-state index contributed by atoms with van der Waals surface area (Å²) < 4.78 is 0. The fourth-order valence-electron chi connectivity index (χ4n) is 1.55. The summed E-state index contributed by atoms with van der Waals surface area (Å²) in [5, 5.41) is 3.21. The molecule has 6 N–H and O–H groups in total. The molecule has 0 aliphatic carbocycles. The van der Waals surface area contributed by atoms with Crippen LogP contribution in [0.5, 0.6) is 0 Å². The van der Waals surface area contributed by atoms with Gasteiger partial charge in [0, 0.05) is 18.5 Å². The van der Waals surface area contributed by atoms with Gasteiger partial charge in [-0.05, 0) is 18.6 Å². The third-order valence-electron chi connectivity index (χ3n) is 2.44. The van der Waals surface area contributed by atoms with Crippen molar-refractivity contribution in [2.24, 2.45) is 5.84 Å². The van der Waals surface area contributed by atoms with Crippen LogP contribution in [0.1, 0.15) is 18.5 Å². The molecule has 7 heteroatoms. The van der Waals surface area contributed by atoms with Crippen LogP contribution in [0.3, 0.4) is 0 Å². The molecule has 0 amide bonds. The normalized spacial score (nSPS) is 11.9. The maximum atomic E-state index is 5.58. The van der Waals surface area contributed by atoms with E-state index in [0.29, 0.717) is 11.6 Å². The first-order valence-electron chi connectivity index (χ1n) is 5.46. The molecule has 0 aromatic carbocycles. The van der Waals surface area contributed by atoms with Crippen LogP contribution < -0.4 is 22.3 Å². The van der Waals surface area contributed by atoms with Gasteiger partial charge in [-0.3, -0.25) is 4.98 Å². The predicted octanol–water partition coefficient (Wildman–Crippen LogP) is 0.912. The van der Waals surface area contributed by atoms with E-state index >= 15 is 0 Å². The van der Waals surface area contributed by atoms with Gasteiger partial charge in [0.15, 0.2) is 0 Å². The van der Waals surface area contributed by atoms with E-state index < -0.39 is 0 Å². The Bertz CT molecular complexity index is 514. The van der Waals surface area contributed by atoms with E-state index in [9.17, 15) is 0 Å². The number of nitrogen functional groups attached to an aromatic ring is 2. The average Bonchev–Trinajstić information content (AvgIpc) is 2.39. The number of pyridine rings is 1. The van der Waals surface area contributed by atoms with Crippen LogP contribution in [0.25, 0.3) is 0 Å². The highest BCUT2D eigenvalue weighted by atomic mass is 15.3. The highest BCUT2D eigenvalue weighted by molar-refractivity contribution is 5.51. The van der Waals surface area contributed by atoms with Gasteiger partial charge in [-0.2, -0.15) is 9.97 Å². The summed E-state index contributed by atoms with van der Waals surface area (Å²) in [6, 6.07) is 5.61. The minimum Gasteiger partial charge on any atom is -0.368 e. The summed E-state index contributed by atoms with van der Waals surface area (Å²) in [5.74, 6) is 6.52. The summed E-state index contributed by atoms with van der Waals surface area (Å²) in [7, 11) is 0. The number of rotatable bonds is 4. The lowest BCUT2D eigenvalue weighted by atomic mass is 10.1. The fraction of sp³-hybridized carbons (Fsp3) is 0.182. The van der Waals surface area contributed by atoms with Gasteiger partial charge in [0.2, 0.25) is 5.95 Å². The summed E-state index contributed by atoms with van der Waals surface area (Å²) in [4.78, 5) is 12.1. The van der Waals surface area contributed by atoms with E-state index in [0.717, 1.165) is 5.56 Å². The van der Waals surface area contributed by atoms with Crippen LogP contribution in [-0.4, -0.2) is 15.0 Å². The minimum atomic E-state index is 0.0543. The Hall–Kier alpha value is -2.41. The van der Waals surface area contributed by atoms with E-state index in [-0.39, 0.29) is 12.0 Å². The highest BCUT2D eigenvalue weighted by Crippen LogP contribution is 2.19. The van der Waals surface area contributed by atoms with Crippen LogP contribution in [0, 0.1) is 0 Å². The Labute approximate surface area is 105 Å². The van der Waals surface area contributed by atoms with Gasteiger partial charge in [-0.1, -0.05) is 6.07 Å². The molecule has 2 aromatic heterocycles. The van der Waals surface area contributed by atoms with Crippen molar-refractivity contribution in [3.8, 4) is 0 Å².